The molecule has 136 valence electrons. The van der Waals surface area contributed by atoms with Crippen molar-refractivity contribution in [3.8, 4) is 0 Å². The number of carbonyl (C=O) groups excluding carboxylic acids is 2. The Bertz CT molecular complexity index is 585. The zero-order valence-electron chi connectivity index (χ0n) is 14.7. The summed E-state index contributed by atoms with van der Waals surface area (Å²) in [4.78, 5) is 26.3. The summed E-state index contributed by atoms with van der Waals surface area (Å²) in [6.07, 6.45) is 7.67. The maximum Gasteiger partial charge on any atom is 0.253 e. The maximum atomic E-state index is 12.4. The summed E-state index contributed by atoms with van der Waals surface area (Å²) in [7, 11) is 0. The Balaban J connectivity index is 1.47. The minimum absolute atomic E-state index is 0.00832. The van der Waals surface area contributed by atoms with Crippen LogP contribution in [-0.4, -0.2) is 41.0 Å². The van der Waals surface area contributed by atoms with Crippen molar-refractivity contribution in [1.82, 2.24) is 4.90 Å². The van der Waals surface area contributed by atoms with E-state index in [4.69, 9.17) is 0 Å². The molecule has 3 rings (SSSR count). The van der Waals surface area contributed by atoms with Crippen molar-refractivity contribution in [3.05, 3.63) is 29.8 Å². The highest BCUT2D eigenvalue weighted by Gasteiger charge is 2.22. The van der Waals surface area contributed by atoms with E-state index in [1.165, 1.54) is 25.7 Å². The van der Waals surface area contributed by atoms with Gasteiger partial charge in [0.05, 0.1) is 6.10 Å². The Hall–Kier alpha value is -1.88. The average molecular weight is 344 g/mol. The zero-order chi connectivity index (χ0) is 17.6. The number of rotatable bonds is 5. The molecular weight excluding hydrogens is 316 g/mol. The molecule has 1 heterocycles. The number of aliphatic hydroxyl groups is 1. The predicted molar refractivity (Wildman–Crippen MR) is 97.4 cm³/mol. The fraction of sp³-hybridized carbons (Fsp3) is 0.600. The number of nitrogens with zero attached hydrogens (tertiary/aromatic N) is 1. The first-order valence-corrected chi connectivity index (χ1v) is 9.49. The first kappa shape index (κ1) is 17.9. The number of hydrogen-bond acceptors (Lipinski definition) is 3. The summed E-state index contributed by atoms with van der Waals surface area (Å²) in [5.41, 5.74) is 1.36. The van der Waals surface area contributed by atoms with Crippen LogP contribution < -0.4 is 5.32 Å². The van der Waals surface area contributed by atoms with Crippen LogP contribution in [0.5, 0.6) is 0 Å². The van der Waals surface area contributed by atoms with E-state index >= 15 is 0 Å². The van der Waals surface area contributed by atoms with Gasteiger partial charge in [0, 0.05) is 30.8 Å². The molecule has 0 unspecified atom stereocenters. The Labute approximate surface area is 149 Å². The molecule has 1 aromatic carbocycles. The molecule has 2 N–H and O–H groups in total. The van der Waals surface area contributed by atoms with Crippen LogP contribution in [0.1, 0.15) is 61.7 Å². The number of piperidine rings is 1. The van der Waals surface area contributed by atoms with Crippen LogP contribution >= 0.6 is 0 Å². The van der Waals surface area contributed by atoms with Crippen molar-refractivity contribution in [1.29, 1.82) is 0 Å². The second-order valence-electron chi connectivity index (χ2n) is 7.34. The lowest BCUT2D eigenvalue weighted by molar-refractivity contribution is -0.116. The molecule has 0 bridgehead atoms. The van der Waals surface area contributed by atoms with Gasteiger partial charge in [0.2, 0.25) is 5.91 Å². The molecule has 0 radical (unpaired) electrons. The first-order valence-electron chi connectivity index (χ1n) is 9.49. The Morgan fingerprint density at radius 2 is 1.68 bits per heavy atom. The summed E-state index contributed by atoms with van der Waals surface area (Å²) in [5, 5.41) is 12.5. The van der Waals surface area contributed by atoms with Gasteiger partial charge < -0.3 is 15.3 Å². The Morgan fingerprint density at radius 1 is 1.04 bits per heavy atom. The molecule has 0 aromatic heterocycles. The number of nitrogens with one attached hydrogen (secondary N) is 1. The second kappa shape index (κ2) is 8.48. The lowest BCUT2D eigenvalue weighted by atomic mass is 10.0. The summed E-state index contributed by atoms with van der Waals surface area (Å²) in [5.74, 6) is 0.760. The number of anilines is 1. The van der Waals surface area contributed by atoms with Gasteiger partial charge in [-0.3, -0.25) is 9.59 Å². The average Bonchev–Trinajstić information content (AvgIpc) is 3.14. The predicted octanol–water partition coefficient (Wildman–Crippen LogP) is 3.19. The highest BCUT2D eigenvalue weighted by molar-refractivity contribution is 5.95. The third kappa shape index (κ3) is 5.05. The summed E-state index contributed by atoms with van der Waals surface area (Å²) >= 11 is 0. The van der Waals surface area contributed by atoms with Gasteiger partial charge in [-0.2, -0.15) is 0 Å². The molecule has 2 amide bonds. The SMILES string of the molecule is O=C(CCC1CCCC1)Nc1ccc(C(=O)N2CCC(O)CC2)cc1. The molecule has 5 heteroatoms. The number of hydrogen-bond donors (Lipinski definition) is 2. The summed E-state index contributed by atoms with van der Waals surface area (Å²) in [6, 6.07) is 7.11. The standard InChI is InChI=1S/C20H28N2O3/c23-18-11-13-22(14-12-18)20(25)16-6-8-17(9-7-16)21-19(24)10-5-15-3-1-2-4-15/h6-9,15,18,23H,1-5,10-14H2,(H,21,24). The van der Waals surface area contributed by atoms with Gasteiger partial charge in [-0.15, -0.1) is 0 Å². The molecule has 2 aliphatic rings. The van der Waals surface area contributed by atoms with Crippen molar-refractivity contribution in [2.75, 3.05) is 18.4 Å². The highest BCUT2D eigenvalue weighted by atomic mass is 16.3. The van der Waals surface area contributed by atoms with E-state index in [0.29, 0.717) is 43.8 Å². The molecule has 0 atom stereocenters. The van der Waals surface area contributed by atoms with E-state index in [9.17, 15) is 14.7 Å². The third-order valence-electron chi connectivity index (χ3n) is 5.42. The monoisotopic (exact) mass is 344 g/mol. The number of amides is 2. The van der Waals surface area contributed by atoms with Crippen LogP contribution in [0.25, 0.3) is 0 Å². The van der Waals surface area contributed by atoms with Crippen molar-refractivity contribution < 1.29 is 14.7 Å². The summed E-state index contributed by atoms with van der Waals surface area (Å²) in [6.45, 7) is 1.19. The smallest absolute Gasteiger partial charge is 0.253 e. The molecule has 1 saturated heterocycles. The lowest BCUT2D eigenvalue weighted by Gasteiger charge is -2.29. The number of carbonyl (C=O) groups is 2. The molecule has 1 saturated carbocycles. The Kier molecular flexibility index (Phi) is 6.08. The van der Waals surface area contributed by atoms with Crippen LogP contribution in [0.3, 0.4) is 0 Å². The van der Waals surface area contributed by atoms with Crippen molar-refractivity contribution >= 4 is 17.5 Å². The quantitative estimate of drug-likeness (QED) is 0.862. The van der Waals surface area contributed by atoms with Crippen molar-refractivity contribution in [3.63, 3.8) is 0 Å². The van der Waals surface area contributed by atoms with Gasteiger partial charge in [0.25, 0.3) is 5.91 Å². The first-order chi connectivity index (χ1) is 12.1. The second-order valence-corrected chi connectivity index (χ2v) is 7.34. The van der Waals surface area contributed by atoms with E-state index in [1.54, 1.807) is 29.2 Å². The topological polar surface area (TPSA) is 69.6 Å². The van der Waals surface area contributed by atoms with Gasteiger partial charge in [-0.25, -0.2) is 0 Å². The van der Waals surface area contributed by atoms with Crippen molar-refractivity contribution in [2.45, 2.75) is 57.5 Å². The number of aliphatic hydroxyl groups excluding tert-OH is 1. The number of benzene rings is 1. The largest absolute Gasteiger partial charge is 0.393 e. The van der Waals surface area contributed by atoms with Crippen LogP contribution in [0.2, 0.25) is 0 Å². The Morgan fingerprint density at radius 3 is 2.32 bits per heavy atom. The fourth-order valence-electron chi connectivity index (χ4n) is 3.81. The van der Waals surface area contributed by atoms with Crippen molar-refractivity contribution in [2.24, 2.45) is 5.92 Å². The lowest BCUT2D eigenvalue weighted by Crippen LogP contribution is -2.40. The molecule has 0 spiro atoms. The van der Waals surface area contributed by atoms with Crippen LogP contribution in [0, 0.1) is 5.92 Å². The third-order valence-corrected chi connectivity index (χ3v) is 5.42. The highest BCUT2D eigenvalue weighted by Crippen LogP contribution is 2.28. The minimum Gasteiger partial charge on any atom is -0.393 e. The molecule has 1 aliphatic heterocycles. The van der Waals surface area contributed by atoms with Gasteiger partial charge in [-0.1, -0.05) is 25.7 Å². The molecule has 1 aromatic rings. The summed E-state index contributed by atoms with van der Waals surface area (Å²) < 4.78 is 0. The van der Waals surface area contributed by atoms with Gasteiger partial charge in [-0.05, 0) is 49.4 Å². The molecule has 1 aliphatic carbocycles. The van der Waals surface area contributed by atoms with Crippen LogP contribution in [-0.2, 0) is 4.79 Å². The van der Waals surface area contributed by atoms with E-state index in [0.717, 1.165) is 12.1 Å². The zero-order valence-corrected chi connectivity index (χ0v) is 14.7. The van der Waals surface area contributed by atoms with Gasteiger partial charge in [0.1, 0.15) is 0 Å². The molecule has 5 nitrogen and oxygen atoms in total. The normalized spacial score (nSPS) is 19.2. The van der Waals surface area contributed by atoms with Crippen LogP contribution in [0.15, 0.2) is 24.3 Å². The van der Waals surface area contributed by atoms with E-state index < -0.39 is 0 Å². The van der Waals surface area contributed by atoms with Gasteiger partial charge >= 0.3 is 0 Å². The molecule has 25 heavy (non-hydrogen) atoms. The number of likely N-dealkylation sites (tertiary alicyclic amines) is 1. The van der Waals surface area contributed by atoms with E-state index in [-0.39, 0.29) is 17.9 Å². The van der Waals surface area contributed by atoms with Crippen LogP contribution in [0.4, 0.5) is 5.69 Å². The fourth-order valence-corrected chi connectivity index (χ4v) is 3.81. The van der Waals surface area contributed by atoms with Gasteiger partial charge in [0.15, 0.2) is 0 Å². The van der Waals surface area contributed by atoms with E-state index in [1.807, 2.05) is 0 Å². The molecular formula is C20H28N2O3. The maximum absolute atomic E-state index is 12.4. The molecule has 2 fully saturated rings. The van der Waals surface area contributed by atoms with E-state index in [2.05, 4.69) is 5.32 Å². The minimum atomic E-state index is -0.286.